The van der Waals surface area contributed by atoms with Gasteiger partial charge in [-0.25, -0.2) is 0 Å². The maximum absolute atomic E-state index is 4.39. The monoisotopic (exact) mass is 320 g/mol. The van der Waals surface area contributed by atoms with E-state index in [1.165, 1.54) is 24.1 Å². The number of likely N-dealkylation sites (tertiary alicyclic amines) is 1. The third-order valence-corrected chi connectivity index (χ3v) is 5.91. The van der Waals surface area contributed by atoms with Crippen molar-refractivity contribution in [2.24, 2.45) is 4.99 Å². The van der Waals surface area contributed by atoms with Crippen LogP contribution in [0.4, 0.5) is 0 Å². The number of aliphatic imine (C=N–C) groups is 1. The van der Waals surface area contributed by atoms with Crippen LogP contribution in [-0.4, -0.2) is 49.1 Å². The third-order valence-electron chi connectivity index (χ3n) is 4.81. The van der Waals surface area contributed by atoms with Gasteiger partial charge in [-0.05, 0) is 37.6 Å². The molecule has 122 valence electrons. The van der Waals surface area contributed by atoms with Crippen molar-refractivity contribution in [3.05, 3.63) is 22.4 Å². The van der Waals surface area contributed by atoms with Gasteiger partial charge < -0.3 is 10.6 Å². The van der Waals surface area contributed by atoms with Crippen LogP contribution in [0, 0.1) is 0 Å². The summed E-state index contributed by atoms with van der Waals surface area (Å²) in [6.07, 6.45) is 4.00. The summed E-state index contributed by atoms with van der Waals surface area (Å²) in [5.74, 6) is 1.46. The Bertz CT molecular complexity index is 495. The highest BCUT2D eigenvalue weighted by atomic mass is 32.1. The smallest absolute Gasteiger partial charge is 0.191 e. The van der Waals surface area contributed by atoms with Crippen LogP contribution < -0.4 is 10.6 Å². The molecule has 5 heteroatoms. The summed E-state index contributed by atoms with van der Waals surface area (Å²) in [5.41, 5.74) is 0. The number of rotatable bonds is 5. The minimum Gasteiger partial charge on any atom is -0.356 e. The molecule has 3 unspecified atom stereocenters. The average Bonchev–Trinajstić information content (AvgIpc) is 3.07. The van der Waals surface area contributed by atoms with Crippen LogP contribution in [0.1, 0.15) is 43.9 Å². The van der Waals surface area contributed by atoms with Gasteiger partial charge in [0.15, 0.2) is 5.96 Å². The molecule has 0 spiro atoms. The van der Waals surface area contributed by atoms with E-state index in [9.17, 15) is 0 Å². The Morgan fingerprint density at radius 2 is 2.32 bits per heavy atom. The Kier molecular flexibility index (Phi) is 5.03. The number of thiophene rings is 1. The third kappa shape index (κ3) is 3.82. The number of hydrogen-bond donors (Lipinski definition) is 2. The van der Waals surface area contributed by atoms with Gasteiger partial charge in [0, 0.05) is 49.1 Å². The van der Waals surface area contributed by atoms with Crippen molar-refractivity contribution in [3.63, 3.8) is 0 Å². The summed E-state index contributed by atoms with van der Waals surface area (Å²) < 4.78 is 0. The molecule has 2 heterocycles. The van der Waals surface area contributed by atoms with Crippen molar-refractivity contribution in [3.8, 4) is 0 Å². The second kappa shape index (κ2) is 7.01. The van der Waals surface area contributed by atoms with Crippen LogP contribution in [0.2, 0.25) is 0 Å². The van der Waals surface area contributed by atoms with Crippen molar-refractivity contribution in [2.75, 3.05) is 20.1 Å². The maximum Gasteiger partial charge on any atom is 0.191 e. The van der Waals surface area contributed by atoms with E-state index < -0.39 is 0 Å². The molecule has 3 atom stereocenters. The molecule has 1 saturated carbocycles. The fourth-order valence-electron chi connectivity index (χ4n) is 3.39. The van der Waals surface area contributed by atoms with Crippen LogP contribution >= 0.6 is 11.3 Å². The van der Waals surface area contributed by atoms with Crippen molar-refractivity contribution in [1.82, 2.24) is 15.5 Å². The van der Waals surface area contributed by atoms with E-state index in [2.05, 4.69) is 51.9 Å². The predicted octanol–water partition coefficient (Wildman–Crippen LogP) is 2.64. The van der Waals surface area contributed by atoms with Gasteiger partial charge in [-0.1, -0.05) is 13.0 Å². The van der Waals surface area contributed by atoms with Crippen LogP contribution in [0.5, 0.6) is 0 Å². The normalized spacial score (nSPS) is 27.9. The van der Waals surface area contributed by atoms with Crippen LogP contribution in [0.3, 0.4) is 0 Å². The Hall–Kier alpha value is -1.07. The van der Waals surface area contributed by atoms with Crippen molar-refractivity contribution >= 4 is 17.3 Å². The molecule has 0 bridgehead atoms. The first-order valence-corrected chi connectivity index (χ1v) is 9.31. The fourth-order valence-corrected chi connectivity index (χ4v) is 4.17. The van der Waals surface area contributed by atoms with E-state index in [1.54, 1.807) is 0 Å². The molecule has 0 aromatic carbocycles. The van der Waals surface area contributed by atoms with E-state index >= 15 is 0 Å². The van der Waals surface area contributed by atoms with Gasteiger partial charge >= 0.3 is 0 Å². The van der Waals surface area contributed by atoms with E-state index in [-0.39, 0.29) is 0 Å². The van der Waals surface area contributed by atoms with Crippen LogP contribution in [0.15, 0.2) is 22.5 Å². The highest BCUT2D eigenvalue weighted by molar-refractivity contribution is 7.10. The SMILES string of the molecule is CN=C(NCC(C)c1cccs1)NC1CC(C)N(C2CC2)C1. The van der Waals surface area contributed by atoms with Gasteiger partial charge in [-0.2, -0.15) is 0 Å². The van der Waals surface area contributed by atoms with E-state index in [0.29, 0.717) is 18.0 Å². The zero-order valence-electron chi connectivity index (χ0n) is 13.9. The molecule has 3 rings (SSSR count). The van der Waals surface area contributed by atoms with Crippen molar-refractivity contribution in [1.29, 1.82) is 0 Å². The number of nitrogens with zero attached hydrogens (tertiary/aromatic N) is 2. The van der Waals surface area contributed by atoms with Crippen LogP contribution in [0.25, 0.3) is 0 Å². The molecular weight excluding hydrogens is 292 g/mol. The molecule has 0 radical (unpaired) electrons. The zero-order chi connectivity index (χ0) is 15.5. The first kappa shape index (κ1) is 15.8. The molecule has 2 fully saturated rings. The number of guanidine groups is 1. The summed E-state index contributed by atoms with van der Waals surface area (Å²) in [5, 5.41) is 9.24. The lowest BCUT2D eigenvalue weighted by atomic mass is 10.1. The first-order chi connectivity index (χ1) is 10.7. The summed E-state index contributed by atoms with van der Waals surface area (Å²) in [7, 11) is 1.86. The molecule has 1 aliphatic carbocycles. The minimum absolute atomic E-state index is 0.518. The molecule has 1 saturated heterocycles. The van der Waals surface area contributed by atoms with Gasteiger partial charge in [0.2, 0.25) is 0 Å². The standard InChI is InChI=1S/C17H28N4S/c1-12(16-5-4-8-22-16)10-19-17(18-3)20-14-9-13(2)21(11-14)15-6-7-15/h4-5,8,12-15H,6-7,9-11H2,1-3H3,(H2,18,19,20). The highest BCUT2D eigenvalue weighted by Gasteiger charge is 2.38. The quantitative estimate of drug-likeness (QED) is 0.647. The van der Waals surface area contributed by atoms with Gasteiger partial charge in [-0.3, -0.25) is 9.89 Å². The molecule has 1 aromatic heterocycles. The first-order valence-electron chi connectivity index (χ1n) is 8.43. The highest BCUT2D eigenvalue weighted by Crippen LogP contribution is 2.33. The summed E-state index contributed by atoms with van der Waals surface area (Å²) in [6.45, 7) is 6.70. The Morgan fingerprint density at radius 1 is 1.50 bits per heavy atom. The summed E-state index contributed by atoms with van der Waals surface area (Å²) in [6, 6.07) is 6.41. The van der Waals surface area contributed by atoms with Gasteiger partial charge in [0.05, 0.1) is 0 Å². The lowest BCUT2D eigenvalue weighted by Crippen LogP contribution is -2.45. The fraction of sp³-hybridized carbons (Fsp3) is 0.706. The largest absolute Gasteiger partial charge is 0.356 e. The van der Waals surface area contributed by atoms with E-state index in [1.807, 2.05) is 18.4 Å². The van der Waals surface area contributed by atoms with Crippen molar-refractivity contribution in [2.45, 2.75) is 57.2 Å². The molecule has 22 heavy (non-hydrogen) atoms. The lowest BCUT2D eigenvalue weighted by molar-refractivity contribution is 0.256. The number of nitrogens with one attached hydrogen (secondary N) is 2. The Balaban J connectivity index is 1.46. The average molecular weight is 321 g/mol. The predicted molar refractivity (Wildman–Crippen MR) is 94.8 cm³/mol. The summed E-state index contributed by atoms with van der Waals surface area (Å²) >= 11 is 1.83. The van der Waals surface area contributed by atoms with Gasteiger partial charge in [-0.15, -0.1) is 11.3 Å². The molecule has 4 nitrogen and oxygen atoms in total. The summed E-state index contributed by atoms with van der Waals surface area (Å²) in [4.78, 5) is 8.49. The second-order valence-electron chi connectivity index (χ2n) is 6.72. The topological polar surface area (TPSA) is 39.7 Å². The molecule has 2 N–H and O–H groups in total. The van der Waals surface area contributed by atoms with Crippen molar-refractivity contribution < 1.29 is 0 Å². The van der Waals surface area contributed by atoms with Crippen LogP contribution in [-0.2, 0) is 0 Å². The Labute approximate surface area is 138 Å². The minimum atomic E-state index is 0.518. The Morgan fingerprint density at radius 3 is 2.95 bits per heavy atom. The molecule has 0 amide bonds. The lowest BCUT2D eigenvalue weighted by Gasteiger charge is -2.20. The van der Waals surface area contributed by atoms with Gasteiger partial charge in [0.25, 0.3) is 0 Å². The van der Waals surface area contributed by atoms with Gasteiger partial charge in [0.1, 0.15) is 0 Å². The molecule has 1 aromatic rings. The number of hydrogen-bond acceptors (Lipinski definition) is 3. The molecular formula is C17H28N4S. The zero-order valence-corrected chi connectivity index (χ0v) is 14.7. The van der Waals surface area contributed by atoms with E-state index in [4.69, 9.17) is 0 Å². The molecule has 1 aliphatic heterocycles. The molecule has 2 aliphatic rings. The second-order valence-corrected chi connectivity index (χ2v) is 7.70. The van der Waals surface area contributed by atoms with E-state index in [0.717, 1.165) is 25.1 Å². The maximum atomic E-state index is 4.39.